The molecule has 0 bridgehead atoms. The van der Waals surface area contributed by atoms with E-state index in [0.29, 0.717) is 19.0 Å². The van der Waals surface area contributed by atoms with Gasteiger partial charge >= 0.3 is 6.01 Å². The number of nitrogens with one attached hydrogen (secondary N) is 1. The van der Waals surface area contributed by atoms with Crippen LogP contribution in [0, 0.1) is 6.92 Å². The van der Waals surface area contributed by atoms with E-state index in [1.807, 2.05) is 24.0 Å². The van der Waals surface area contributed by atoms with Crippen LogP contribution in [-0.2, 0) is 6.54 Å². The maximum Gasteiger partial charge on any atom is 0.322 e. The van der Waals surface area contributed by atoms with Gasteiger partial charge < -0.3 is 10.1 Å². The fourth-order valence-electron chi connectivity index (χ4n) is 1.37. The maximum atomic E-state index is 5.73. The van der Waals surface area contributed by atoms with Crippen LogP contribution in [-0.4, -0.2) is 38.4 Å². The van der Waals surface area contributed by atoms with Crippen LogP contribution in [0.1, 0.15) is 5.56 Å². The van der Waals surface area contributed by atoms with Gasteiger partial charge in [0.2, 0.25) is 11.2 Å². The molecule has 7 nitrogen and oxygen atoms in total. The number of anilines is 1. The third-order valence-electron chi connectivity index (χ3n) is 2.16. The van der Waals surface area contributed by atoms with Gasteiger partial charge in [0.05, 0.1) is 19.9 Å². The Balaban J connectivity index is 1.91. The first kappa shape index (κ1) is 12.6. The van der Waals surface area contributed by atoms with E-state index in [0.717, 1.165) is 5.56 Å². The third kappa shape index (κ3) is 3.30. The number of hydrogen-bond donors (Lipinski definition) is 1. The second kappa shape index (κ2) is 5.63. The lowest BCUT2D eigenvalue weighted by molar-refractivity contribution is 0.379. The molecule has 2 heterocycles. The summed E-state index contributed by atoms with van der Waals surface area (Å²) in [6.07, 6.45) is 3.77. The molecule has 0 radical (unpaired) electrons. The molecule has 0 aromatic carbocycles. The molecule has 0 spiro atoms. The van der Waals surface area contributed by atoms with Crippen molar-refractivity contribution >= 4 is 17.5 Å². The molecule has 0 saturated carbocycles. The first-order chi connectivity index (χ1) is 8.67. The summed E-state index contributed by atoms with van der Waals surface area (Å²) in [5, 5.41) is 7.30. The Kier molecular flexibility index (Phi) is 3.93. The van der Waals surface area contributed by atoms with Gasteiger partial charge in [0.25, 0.3) is 0 Å². The minimum Gasteiger partial charge on any atom is -0.467 e. The Labute approximate surface area is 109 Å². The lowest BCUT2D eigenvalue weighted by atomic mass is 10.4. The Morgan fingerprint density at radius 1 is 1.39 bits per heavy atom. The lowest BCUT2D eigenvalue weighted by Crippen LogP contribution is -2.13. The fourth-order valence-corrected chi connectivity index (χ4v) is 1.53. The van der Waals surface area contributed by atoms with E-state index in [1.54, 1.807) is 0 Å². The zero-order valence-corrected chi connectivity index (χ0v) is 10.8. The van der Waals surface area contributed by atoms with Gasteiger partial charge in [-0.2, -0.15) is 20.1 Å². The lowest BCUT2D eigenvalue weighted by Gasteiger charge is -2.06. The Bertz CT molecular complexity index is 529. The molecule has 0 aliphatic carbocycles. The van der Waals surface area contributed by atoms with E-state index in [1.165, 1.54) is 7.11 Å². The molecule has 2 rings (SSSR count). The highest BCUT2D eigenvalue weighted by atomic mass is 35.5. The van der Waals surface area contributed by atoms with Crippen molar-refractivity contribution in [2.24, 2.45) is 0 Å². The van der Waals surface area contributed by atoms with Gasteiger partial charge in [-0.1, -0.05) is 0 Å². The number of methoxy groups -OCH3 is 1. The summed E-state index contributed by atoms with van der Waals surface area (Å²) >= 11 is 5.73. The van der Waals surface area contributed by atoms with Gasteiger partial charge in [-0.05, 0) is 24.1 Å². The number of ether oxygens (including phenoxy) is 1. The normalized spacial score (nSPS) is 10.4. The smallest absolute Gasteiger partial charge is 0.322 e. The van der Waals surface area contributed by atoms with Crippen LogP contribution in [0.3, 0.4) is 0 Å². The minimum atomic E-state index is 0.0966. The molecule has 0 aliphatic heterocycles. The average molecular weight is 269 g/mol. The standard InChI is InChI=1S/C10H13ClN6O/c1-7-5-13-17(6-7)4-3-12-9-14-8(11)15-10(16-9)18-2/h5-6H,3-4H2,1-2H3,(H,12,14,15,16). The van der Waals surface area contributed by atoms with Crippen molar-refractivity contribution < 1.29 is 4.74 Å². The summed E-state index contributed by atoms with van der Waals surface area (Å²) in [7, 11) is 1.47. The molecule has 2 aromatic rings. The molecule has 0 unspecified atom stereocenters. The minimum absolute atomic E-state index is 0.0966. The predicted molar refractivity (Wildman–Crippen MR) is 66.8 cm³/mol. The summed E-state index contributed by atoms with van der Waals surface area (Å²) < 4.78 is 6.74. The van der Waals surface area contributed by atoms with Crippen LogP contribution in [0.5, 0.6) is 6.01 Å². The van der Waals surface area contributed by atoms with Crippen molar-refractivity contribution in [3.8, 4) is 6.01 Å². The molecule has 0 amide bonds. The summed E-state index contributed by atoms with van der Waals surface area (Å²) in [5.41, 5.74) is 1.12. The van der Waals surface area contributed by atoms with Gasteiger partial charge in [0.15, 0.2) is 0 Å². The van der Waals surface area contributed by atoms with E-state index in [-0.39, 0.29) is 11.3 Å². The summed E-state index contributed by atoms with van der Waals surface area (Å²) in [4.78, 5) is 11.7. The highest BCUT2D eigenvalue weighted by Gasteiger charge is 2.04. The van der Waals surface area contributed by atoms with Crippen molar-refractivity contribution in [3.63, 3.8) is 0 Å². The van der Waals surface area contributed by atoms with E-state index < -0.39 is 0 Å². The largest absolute Gasteiger partial charge is 0.467 e. The highest BCUT2D eigenvalue weighted by Crippen LogP contribution is 2.10. The van der Waals surface area contributed by atoms with Crippen LogP contribution in [0.4, 0.5) is 5.95 Å². The zero-order chi connectivity index (χ0) is 13.0. The Morgan fingerprint density at radius 3 is 2.89 bits per heavy atom. The summed E-state index contributed by atoms with van der Waals surface area (Å²) in [5.74, 6) is 0.385. The Hall–Kier alpha value is -1.89. The summed E-state index contributed by atoms with van der Waals surface area (Å²) in [6, 6.07) is 0.187. The zero-order valence-electron chi connectivity index (χ0n) is 10.1. The molecule has 96 valence electrons. The molecular formula is C10H13ClN6O. The number of nitrogens with zero attached hydrogens (tertiary/aromatic N) is 5. The number of aryl methyl sites for hydroxylation is 1. The van der Waals surface area contributed by atoms with E-state index in [4.69, 9.17) is 16.3 Å². The van der Waals surface area contributed by atoms with E-state index in [9.17, 15) is 0 Å². The Morgan fingerprint density at radius 2 is 2.22 bits per heavy atom. The van der Waals surface area contributed by atoms with Crippen LogP contribution in [0.15, 0.2) is 12.4 Å². The number of halogens is 1. The van der Waals surface area contributed by atoms with Crippen molar-refractivity contribution in [1.82, 2.24) is 24.7 Å². The van der Waals surface area contributed by atoms with E-state index in [2.05, 4.69) is 25.4 Å². The highest BCUT2D eigenvalue weighted by molar-refractivity contribution is 6.28. The topological polar surface area (TPSA) is 77.8 Å². The quantitative estimate of drug-likeness (QED) is 0.876. The van der Waals surface area contributed by atoms with Crippen LogP contribution in [0.25, 0.3) is 0 Å². The van der Waals surface area contributed by atoms with Crippen molar-refractivity contribution in [2.45, 2.75) is 13.5 Å². The van der Waals surface area contributed by atoms with Gasteiger partial charge in [-0.25, -0.2) is 0 Å². The second-order valence-electron chi connectivity index (χ2n) is 3.62. The second-order valence-corrected chi connectivity index (χ2v) is 3.96. The molecule has 18 heavy (non-hydrogen) atoms. The van der Waals surface area contributed by atoms with Crippen LogP contribution < -0.4 is 10.1 Å². The number of hydrogen-bond acceptors (Lipinski definition) is 6. The molecule has 0 aliphatic rings. The van der Waals surface area contributed by atoms with Crippen molar-refractivity contribution in [2.75, 3.05) is 19.0 Å². The molecule has 1 N–H and O–H groups in total. The predicted octanol–water partition coefficient (Wildman–Crippen LogP) is 1.15. The molecule has 2 aromatic heterocycles. The molecule has 8 heteroatoms. The SMILES string of the molecule is COc1nc(Cl)nc(NCCn2cc(C)cn2)n1. The van der Waals surface area contributed by atoms with E-state index >= 15 is 0 Å². The average Bonchev–Trinajstić information content (AvgIpc) is 2.74. The third-order valence-corrected chi connectivity index (χ3v) is 2.33. The van der Waals surface area contributed by atoms with Gasteiger partial charge in [-0.15, -0.1) is 0 Å². The van der Waals surface area contributed by atoms with Gasteiger partial charge in [0.1, 0.15) is 0 Å². The van der Waals surface area contributed by atoms with Gasteiger partial charge in [-0.3, -0.25) is 4.68 Å². The number of rotatable bonds is 5. The molecule has 0 fully saturated rings. The van der Waals surface area contributed by atoms with Crippen molar-refractivity contribution in [1.29, 1.82) is 0 Å². The molecule has 0 atom stereocenters. The monoisotopic (exact) mass is 268 g/mol. The molecular weight excluding hydrogens is 256 g/mol. The van der Waals surface area contributed by atoms with Gasteiger partial charge in [0, 0.05) is 12.7 Å². The van der Waals surface area contributed by atoms with Crippen LogP contribution in [0.2, 0.25) is 5.28 Å². The van der Waals surface area contributed by atoms with Crippen LogP contribution >= 0.6 is 11.6 Å². The summed E-state index contributed by atoms with van der Waals surface area (Å²) in [6.45, 7) is 3.33. The maximum absolute atomic E-state index is 5.73. The fraction of sp³-hybridized carbons (Fsp3) is 0.400. The van der Waals surface area contributed by atoms with Crippen molar-refractivity contribution in [3.05, 3.63) is 23.2 Å². The first-order valence-electron chi connectivity index (χ1n) is 5.36. The molecule has 0 saturated heterocycles. The number of aromatic nitrogens is 5. The first-order valence-corrected chi connectivity index (χ1v) is 5.73.